The van der Waals surface area contributed by atoms with E-state index in [4.69, 9.17) is 0 Å². The molecule has 0 aliphatic rings. The van der Waals surface area contributed by atoms with Crippen molar-refractivity contribution in [1.29, 1.82) is 0 Å². The van der Waals surface area contributed by atoms with Gasteiger partial charge in [-0.05, 0) is 35.4 Å². The quantitative estimate of drug-likeness (QED) is 0.794. The Morgan fingerprint density at radius 1 is 0.950 bits per heavy atom. The number of aliphatic hydroxyl groups is 1. The summed E-state index contributed by atoms with van der Waals surface area (Å²) in [6, 6.07) is 11.7. The highest BCUT2D eigenvalue weighted by Gasteiger charge is 2.10. The first-order valence-corrected chi connectivity index (χ1v) is 6.35. The van der Waals surface area contributed by atoms with E-state index >= 15 is 0 Å². The van der Waals surface area contributed by atoms with Crippen LogP contribution in [0.15, 0.2) is 54.9 Å². The molecule has 20 heavy (non-hydrogen) atoms. The summed E-state index contributed by atoms with van der Waals surface area (Å²) < 4.78 is 12.8. The molecule has 3 nitrogen and oxygen atoms in total. The van der Waals surface area contributed by atoms with Crippen LogP contribution in [0.1, 0.15) is 17.2 Å². The Bertz CT molecular complexity index is 728. The minimum atomic E-state index is -0.646. The van der Waals surface area contributed by atoms with Crippen LogP contribution < -0.4 is 0 Å². The van der Waals surface area contributed by atoms with E-state index in [-0.39, 0.29) is 5.82 Å². The molecule has 4 heteroatoms. The van der Waals surface area contributed by atoms with Gasteiger partial charge in [-0.2, -0.15) is 0 Å². The van der Waals surface area contributed by atoms with Crippen LogP contribution in [-0.2, 0) is 6.42 Å². The van der Waals surface area contributed by atoms with Gasteiger partial charge >= 0.3 is 0 Å². The largest absolute Gasteiger partial charge is 0.388 e. The lowest BCUT2D eigenvalue weighted by atomic mass is 10.0. The molecule has 100 valence electrons. The second-order valence-electron chi connectivity index (χ2n) is 4.65. The van der Waals surface area contributed by atoms with E-state index in [9.17, 15) is 9.50 Å². The molecule has 1 heterocycles. The number of aromatic nitrogens is 2. The van der Waals surface area contributed by atoms with E-state index in [1.807, 2.05) is 18.2 Å². The summed E-state index contributed by atoms with van der Waals surface area (Å²) in [5, 5.41) is 10.3. The maximum absolute atomic E-state index is 12.8. The normalized spacial score (nSPS) is 12.5. The molecule has 3 rings (SSSR count). The van der Waals surface area contributed by atoms with E-state index in [0.717, 1.165) is 22.2 Å². The van der Waals surface area contributed by atoms with Crippen LogP contribution in [0, 0.1) is 5.82 Å². The average Bonchev–Trinajstić information content (AvgIpc) is 2.49. The molecule has 1 N–H and O–H groups in total. The molecule has 0 radical (unpaired) electrons. The zero-order chi connectivity index (χ0) is 13.9. The Hall–Kier alpha value is -2.33. The smallest absolute Gasteiger partial charge is 0.123 e. The standard InChI is InChI=1S/C16H13FN2O/c17-13-4-1-11(2-5-13)9-16(20)12-3-6-14-15(10-12)19-8-7-18-14/h1-8,10,16,20H,9H2. The molecular formula is C16H13FN2O. The monoisotopic (exact) mass is 268 g/mol. The molecule has 0 aliphatic heterocycles. The van der Waals surface area contributed by atoms with Crippen LogP contribution >= 0.6 is 0 Å². The van der Waals surface area contributed by atoms with Gasteiger partial charge in [-0.25, -0.2) is 4.39 Å². The minimum absolute atomic E-state index is 0.274. The summed E-state index contributed by atoms with van der Waals surface area (Å²) >= 11 is 0. The van der Waals surface area contributed by atoms with Gasteiger partial charge in [-0.1, -0.05) is 18.2 Å². The number of nitrogens with zero attached hydrogens (tertiary/aromatic N) is 2. The lowest BCUT2D eigenvalue weighted by Gasteiger charge is -2.11. The zero-order valence-electron chi connectivity index (χ0n) is 10.7. The number of aliphatic hydroxyl groups excluding tert-OH is 1. The van der Waals surface area contributed by atoms with Gasteiger partial charge in [0.25, 0.3) is 0 Å². The number of fused-ring (bicyclic) bond motifs is 1. The van der Waals surface area contributed by atoms with E-state index < -0.39 is 6.10 Å². The van der Waals surface area contributed by atoms with Crippen LogP contribution in [-0.4, -0.2) is 15.1 Å². The van der Waals surface area contributed by atoms with Crippen molar-refractivity contribution in [2.24, 2.45) is 0 Å². The van der Waals surface area contributed by atoms with Crippen molar-refractivity contribution in [3.05, 3.63) is 71.8 Å². The Balaban J connectivity index is 1.84. The molecule has 0 spiro atoms. The van der Waals surface area contributed by atoms with Gasteiger partial charge in [-0.15, -0.1) is 0 Å². The molecule has 1 atom stereocenters. The first-order chi connectivity index (χ1) is 9.72. The fourth-order valence-corrected chi connectivity index (χ4v) is 2.15. The number of hydrogen-bond acceptors (Lipinski definition) is 3. The Morgan fingerprint density at radius 2 is 1.65 bits per heavy atom. The Labute approximate surface area is 115 Å². The Kier molecular flexibility index (Phi) is 3.39. The fourth-order valence-electron chi connectivity index (χ4n) is 2.15. The first-order valence-electron chi connectivity index (χ1n) is 6.35. The minimum Gasteiger partial charge on any atom is -0.388 e. The van der Waals surface area contributed by atoms with Gasteiger partial charge in [0.2, 0.25) is 0 Å². The molecule has 1 aromatic heterocycles. The first kappa shape index (κ1) is 12.7. The van der Waals surface area contributed by atoms with Gasteiger partial charge < -0.3 is 5.11 Å². The number of hydrogen-bond donors (Lipinski definition) is 1. The van der Waals surface area contributed by atoms with Crippen molar-refractivity contribution < 1.29 is 9.50 Å². The van der Waals surface area contributed by atoms with E-state index in [1.165, 1.54) is 12.1 Å². The van der Waals surface area contributed by atoms with Gasteiger partial charge in [0.05, 0.1) is 17.1 Å². The summed E-state index contributed by atoms with van der Waals surface area (Å²) in [6.07, 6.45) is 3.05. The van der Waals surface area contributed by atoms with Crippen LogP contribution in [0.25, 0.3) is 11.0 Å². The summed E-state index contributed by atoms with van der Waals surface area (Å²) in [4.78, 5) is 8.41. The topological polar surface area (TPSA) is 46.0 Å². The molecule has 0 amide bonds. The number of benzene rings is 2. The highest BCUT2D eigenvalue weighted by atomic mass is 19.1. The summed E-state index contributed by atoms with van der Waals surface area (Å²) in [6.45, 7) is 0. The molecule has 2 aromatic carbocycles. The average molecular weight is 268 g/mol. The number of rotatable bonds is 3. The molecule has 3 aromatic rings. The molecule has 0 saturated heterocycles. The highest BCUT2D eigenvalue weighted by molar-refractivity contribution is 5.74. The third kappa shape index (κ3) is 2.65. The lowest BCUT2D eigenvalue weighted by molar-refractivity contribution is 0.178. The molecule has 0 bridgehead atoms. The fraction of sp³-hybridized carbons (Fsp3) is 0.125. The van der Waals surface area contributed by atoms with Gasteiger partial charge in [0.1, 0.15) is 5.82 Å². The summed E-state index contributed by atoms with van der Waals surface area (Å²) in [7, 11) is 0. The SMILES string of the molecule is OC(Cc1ccc(F)cc1)c1ccc2nccnc2c1. The molecule has 1 unspecified atom stereocenters. The van der Waals surface area contributed by atoms with Crippen molar-refractivity contribution in [1.82, 2.24) is 9.97 Å². The van der Waals surface area contributed by atoms with E-state index in [2.05, 4.69) is 9.97 Å². The molecule has 0 fully saturated rings. The van der Waals surface area contributed by atoms with E-state index in [1.54, 1.807) is 24.5 Å². The number of halogens is 1. The van der Waals surface area contributed by atoms with Crippen LogP contribution in [0.2, 0.25) is 0 Å². The highest BCUT2D eigenvalue weighted by Crippen LogP contribution is 2.21. The molecule has 0 aliphatic carbocycles. The van der Waals surface area contributed by atoms with Crippen molar-refractivity contribution in [3.63, 3.8) is 0 Å². The van der Waals surface area contributed by atoms with Crippen molar-refractivity contribution in [2.45, 2.75) is 12.5 Å². The van der Waals surface area contributed by atoms with E-state index in [0.29, 0.717) is 6.42 Å². The van der Waals surface area contributed by atoms with Gasteiger partial charge in [0, 0.05) is 18.8 Å². The molecule has 0 saturated carbocycles. The second kappa shape index (κ2) is 5.35. The van der Waals surface area contributed by atoms with Crippen LogP contribution in [0.5, 0.6) is 0 Å². The van der Waals surface area contributed by atoms with Crippen molar-refractivity contribution in [2.75, 3.05) is 0 Å². The van der Waals surface area contributed by atoms with Crippen molar-refractivity contribution in [3.8, 4) is 0 Å². The zero-order valence-corrected chi connectivity index (χ0v) is 10.7. The lowest BCUT2D eigenvalue weighted by Crippen LogP contribution is -2.02. The predicted octanol–water partition coefficient (Wildman–Crippen LogP) is 3.05. The second-order valence-corrected chi connectivity index (χ2v) is 4.65. The van der Waals surface area contributed by atoms with Crippen LogP contribution in [0.3, 0.4) is 0 Å². The van der Waals surface area contributed by atoms with Gasteiger partial charge in [-0.3, -0.25) is 9.97 Å². The van der Waals surface area contributed by atoms with Gasteiger partial charge in [0.15, 0.2) is 0 Å². The molecular weight excluding hydrogens is 255 g/mol. The van der Waals surface area contributed by atoms with Crippen LogP contribution in [0.4, 0.5) is 4.39 Å². The van der Waals surface area contributed by atoms with Crippen molar-refractivity contribution >= 4 is 11.0 Å². The predicted molar refractivity (Wildman–Crippen MR) is 74.6 cm³/mol. The summed E-state index contributed by atoms with van der Waals surface area (Å²) in [5.74, 6) is -0.274. The third-order valence-corrected chi connectivity index (χ3v) is 3.22. The Morgan fingerprint density at radius 3 is 2.40 bits per heavy atom. The maximum Gasteiger partial charge on any atom is 0.123 e. The third-order valence-electron chi connectivity index (χ3n) is 3.22. The maximum atomic E-state index is 12.8. The summed E-state index contributed by atoms with van der Waals surface area (Å²) in [5.41, 5.74) is 3.22.